The Morgan fingerprint density at radius 3 is 2.83 bits per heavy atom. The highest BCUT2D eigenvalue weighted by atomic mass is 19.3. The predicted molar refractivity (Wildman–Crippen MR) is 81.5 cm³/mol. The molecule has 5 nitrogen and oxygen atoms in total. The zero-order valence-corrected chi connectivity index (χ0v) is 13.8. The lowest BCUT2D eigenvalue weighted by Crippen LogP contribution is -2.50. The number of rotatable bonds is 3. The van der Waals surface area contributed by atoms with Gasteiger partial charge >= 0.3 is 0 Å². The van der Waals surface area contributed by atoms with Gasteiger partial charge in [-0.15, -0.1) is 0 Å². The van der Waals surface area contributed by atoms with Crippen molar-refractivity contribution < 1.29 is 18.3 Å². The average molecular weight is 335 g/mol. The number of halogens is 2. The molecule has 1 fully saturated rings. The van der Waals surface area contributed by atoms with Gasteiger partial charge < -0.3 is 9.64 Å². The summed E-state index contributed by atoms with van der Waals surface area (Å²) >= 11 is 0. The summed E-state index contributed by atoms with van der Waals surface area (Å²) in [6.45, 7) is 4.19. The van der Waals surface area contributed by atoms with Gasteiger partial charge in [-0.2, -0.15) is 5.26 Å². The molecule has 2 aliphatic heterocycles. The molecule has 0 radical (unpaired) electrons. The van der Waals surface area contributed by atoms with Gasteiger partial charge in [0.05, 0.1) is 12.6 Å². The monoisotopic (exact) mass is 335 g/mol. The molecule has 2 atom stereocenters. The molecule has 0 aliphatic carbocycles. The Labute approximate surface area is 139 Å². The number of nitrogens with zero attached hydrogens (tertiary/aromatic N) is 3. The van der Waals surface area contributed by atoms with Gasteiger partial charge in [0.2, 0.25) is 5.91 Å². The second-order valence-corrected chi connectivity index (χ2v) is 6.85. The van der Waals surface area contributed by atoms with Crippen LogP contribution in [0.2, 0.25) is 0 Å². The van der Waals surface area contributed by atoms with E-state index in [9.17, 15) is 18.8 Å². The van der Waals surface area contributed by atoms with Gasteiger partial charge in [-0.25, -0.2) is 8.78 Å². The van der Waals surface area contributed by atoms with Gasteiger partial charge in [-0.1, -0.05) is 6.92 Å². The molecule has 1 aromatic heterocycles. The zero-order chi connectivity index (χ0) is 17.7. The topological polar surface area (TPSA) is 66.2 Å². The van der Waals surface area contributed by atoms with E-state index in [4.69, 9.17) is 4.74 Å². The number of carbonyl (C=O) groups excluding carboxylic acids is 1. The number of alkyl halides is 2. The van der Waals surface area contributed by atoms with E-state index in [1.807, 2.05) is 6.07 Å². The van der Waals surface area contributed by atoms with Gasteiger partial charge in [0.25, 0.3) is 5.92 Å². The van der Waals surface area contributed by atoms with Crippen molar-refractivity contribution in [2.45, 2.75) is 51.7 Å². The van der Waals surface area contributed by atoms with E-state index < -0.39 is 23.7 Å². The van der Waals surface area contributed by atoms with Gasteiger partial charge in [0.1, 0.15) is 28.9 Å². The number of amides is 1. The van der Waals surface area contributed by atoms with Crippen LogP contribution in [0.15, 0.2) is 12.4 Å². The fraction of sp³-hybridized carbons (Fsp3) is 0.588. The van der Waals surface area contributed by atoms with Crippen LogP contribution in [0.1, 0.15) is 50.8 Å². The fourth-order valence-electron chi connectivity index (χ4n) is 3.44. The van der Waals surface area contributed by atoms with Crippen molar-refractivity contribution in [2.75, 3.05) is 6.54 Å². The Hall–Kier alpha value is -2.23. The van der Waals surface area contributed by atoms with Crippen LogP contribution in [0, 0.1) is 16.7 Å². The third kappa shape index (κ3) is 2.24. The minimum atomic E-state index is -3.10. The number of hydrogen-bond donors (Lipinski definition) is 0. The van der Waals surface area contributed by atoms with Gasteiger partial charge in [-0.05, 0) is 13.8 Å². The van der Waals surface area contributed by atoms with Crippen LogP contribution < -0.4 is 4.74 Å². The lowest BCUT2D eigenvalue weighted by Gasteiger charge is -2.37. The molecule has 3 heterocycles. The molecule has 24 heavy (non-hydrogen) atoms. The third-order valence-corrected chi connectivity index (χ3v) is 5.10. The highest BCUT2D eigenvalue weighted by molar-refractivity contribution is 5.84. The highest BCUT2D eigenvalue weighted by Gasteiger charge is 2.55. The highest BCUT2D eigenvalue weighted by Crippen LogP contribution is 2.48. The van der Waals surface area contributed by atoms with E-state index in [-0.39, 0.29) is 18.7 Å². The van der Waals surface area contributed by atoms with Crippen molar-refractivity contribution in [3.05, 3.63) is 23.5 Å². The predicted octanol–water partition coefficient (Wildman–Crippen LogP) is 3.06. The van der Waals surface area contributed by atoms with E-state index in [0.717, 1.165) is 0 Å². The van der Waals surface area contributed by atoms with E-state index in [0.29, 0.717) is 23.3 Å². The number of carbonyl (C=O) groups is 1. The van der Waals surface area contributed by atoms with Crippen LogP contribution in [0.4, 0.5) is 8.78 Å². The molecule has 0 spiro atoms. The lowest BCUT2D eigenvalue weighted by atomic mass is 9.82. The summed E-state index contributed by atoms with van der Waals surface area (Å²) in [6, 6.07) is 1.64. The van der Waals surface area contributed by atoms with Crippen molar-refractivity contribution in [3.63, 3.8) is 0 Å². The molecular weight excluding hydrogens is 316 g/mol. The van der Waals surface area contributed by atoms with Crippen LogP contribution in [0.3, 0.4) is 0 Å². The van der Waals surface area contributed by atoms with E-state index in [1.54, 1.807) is 6.20 Å². The van der Waals surface area contributed by atoms with E-state index in [1.165, 1.54) is 31.9 Å². The molecular formula is C17H19F2N3O2. The number of likely N-dealkylation sites (tertiary alicyclic amines) is 1. The van der Waals surface area contributed by atoms with Crippen LogP contribution >= 0.6 is 0 Å². The number of nitriles is 1. The SMILES string of the molecule is CCC(F)(F)C(C)(C)C(=O)N1C[C@@H]2C[C@H]1c1cncc(C#N)c1O2. The molecule has 2 aliphatic rings. The van der Waals surface area contributed by atoms with Crippen molar-refractivity contribution in [3.8, 4) is 11.8 Å². The summed E-state index contributed by atoms with van der Waals surface area (Å²) < 4.78 is 34.3. The van der Waals surface area contributed by atoms with Crippen LogP contribution in [-0.2, 0) is 4.79 Å². The Kier molecular flexibility index (Phi) is 3.74. The molecule has 7 heteroatoms. The van der Waals surface area contributed by atoms with Gasteiger partial charge in [-0.3, -0.25) is 9.78 Å². The molecule has 1 aromatic rings. The smallest absolute Gasteiger partial charge is 0.261 e. The molecule has 0 N–H and O–H groups in total. The summed E-state index contributed by atoms with van der Waals surface area (Å²) in [4.78, 5) is 18.4. The molecule has 1 saturated heterocycles. The Bertz CT molecular complexity index is 727. The molecule has 128 valence electrons. The largest absolute Gasteiger partial charge is 0.487 e. The first-order valence-electron chi connectivity index (χ1n) is 7.96. The van der Waals surface area contributed by atoms with Crippen molar-refractivity contribution in [1.82, 2.24) is 9.88 Å². The van der Waals surface area contributed by atoms with E-state index >= 15 is 0 Å². The lowest BCUT2D eigenvalue weighted by molar-refractivity contribution is -0.168. The summed E-state index contributed by atoms with van der Waals surface area (Å²) in [5.74, 6) is -3.28. The Balaban J connectivity index is 1.98. The Morgan fingerprint density at radius 2 is 2.21 bits per heavy atom. The zero-order valence-electron chi connectivity index (χ0n) is 13.8. The number of aromatic nitrogens is 1. The van der Waals surface area contributed by atoms with Crippen molar-refractivity contribution in [2.24, 2.45) is 5.41 Å². The normalized spacial score (nSPS) is 22.6. The quantitative estimate of drug-likeness (QED) is 0.851. The Morgan fingerprint density at radius 1 is 1.50 bits per heavy atom. The van der Waals surface area contributed by atoms with Gasteiger partial charge in [0, 0.05) is 30.8 Å². The number of fused-ring (bicyclic) bond motifs is 4. The molecule has 1 amide bonds. The minimum Gasteiger partial charge on any atom is -0.487 e. The number of hydrogen-bond acceptors (Lipinski definition) is 4. The third-order valence-electron chi connectivity index (χ3n) is 5.10. The molecule has 3 rings (SSSR count). The maximum absolute atomic E-state index is 14.3. The fourth-order valence-corrected chi connectivity index (χ4v) is 3.44. The molecule has 0 unspecified atom stereocenters. The molecule has 2 bridgehead atoms. The first-order chi connectivity index (χ1) is 11.2. The number of pyridine rings is 1. The maximum Gasteiger partial charge on any atom is 0.261 e. The van der Waals surface area contributed by atoms with Gasteiger partial charge in [0.15, 0.2) is 0 Å². The molecule has 0 aromatic carbocycles. The van der Waals surface area contributed by atoms with Crippen LogP contribution in [-0.4, -0.2) is 34.4 Å². The van der Waals surface area contributed by atoms with Crippen LogP contribution in [0.25, 0.3) is 0 Å². The van der Waals surface area contributed by atoms with Crippen LogP contribution in [0.5, 0.6) is 5.75 Å². The summed E-state index contributed by atoms with van der Waals surface area (Å²) in [5, 5.41) is 9.18. The van der Waals surface area contributed by atoms with E-state index in [2.05, 4.69) is 4.98 Å². The first-order valence-corrected chi connectivity index (χ1v) is 7.96. The number of ether oxygens (including phenoxy) is 1. The van der Waals surface area contributed by atoms with Crippen molar-refractivity contribution in [1.29, 1.82) is 5.26 Å². The summed E-state index contributed by atoms with van der Waals surface area (Å²) in [5.41, 5.74) is -0.888. The summed E-state index contributed by atoms with van der Waals surface area (Å²) in [7, 11) is 0. The second kappa shape index (κ2) is 5.40. The van der Waals surface area contributed by atoms with Crippen molar-refractivity contribution >= 4 is 5.91 Å². The average Bonchev–Trinajstić information content (AvgIpc) is 2.91. The minimum absolute atomic E-state index is 0.242. The first kappa shape index (κ1) is 16.6. The molecule has 0 saturated carbocycles. The maximum atomic E-state index is 14.3. The second-order valence-electron chi connectivity index (χ2n) is 6.85. The standard InChI is InChI=1S/C17H19F2N3O2/c1-4-17(18,19)16(2,3)15(23)22-9-11-5-13(22)12-8-21-7-10(6-20)14(12)24-11/h7-8,11,13H,4-5,9H2,1-3H3/t11-,13-/m0/s1. The summed E-state index contributed by atoms with van der Waals surface area (Å²) in [6.07, 6.45) is 2.80.